The molecule has 164 valence electrons. The van der Waals surface area contributed by atoms with Crippen LogP contribution in [0.25, 0.3) is 0 Å². The van der Waals surface area contributed by atoms with Gasteiger partial charge in [-0.25, -0.2) is 9.98 Å². The number of pyridine rings is 1. The first-order valence-electron chi connectivity index (χ1n) is 9.08. The Labute approximate surface area is 185 Å². The van der Waals surface area contributed by atoms with Gasteiger partial charge in [0.1, 0.15) is 0 Å². The second-order valence-electron chi connectivity index (χ2n) is 6.36. The number of aromatic nitrogens is 1. The molecule has 0 radical (unpaired) electrons. The Morgan fingerprint density at radius 3 is 2.66 bits per heavy atom. The van der Waals surface area contributed by atoms with Crippen molar-refractivity contribution in [2.75, 3.05) is 33.4 Å². The summed E-state index contributed by atoms with van der Waals surface area (Å²) in [5.41, 5.74) is 0.687. The number of carbonyl (C=O) groups is 1. The van der Waals surface area contributed by atoms with Crippen molar-refractivity contribution in [2.24, 2.45) is 10.9 Å². The number of guanidine groups is 1. The van der Waals surface area contributed by atoms with Crippen LogP contribution in [-0.2, 0) is 16.1 Å². The fraction of sp³-hybridized carbons (Fsp3) is 0.611. The van der Waals surface area contributed by atoms with Crippen LogP contribution in [-0.4, -0.2) is 61.3 Å². The molecule has 0 aliphatic carbocycles. The van der Waals surface area contributed by atoms with Gasteiger partial charge in [-0.2, -0.15) is 13.2 Å². The van der Waals surface area contributed by atoms with E-state index in [9.17, 15) is 18.0 Å². The second-order valence-corrected chi connectivity index (χ2v) is 6.36. The maximum absolute atomic E-state index is 12.3. The topological polar surface area (TPSA) is 76.1 Å². The summed E-state index contributed by atoms with van der Waals surface area (Å²) in [6.07, 6.45) is -1.65. The number of rotatable bonds is 6. The molecule has 1 fully saturated rings. The minimum atomic E-state index is -4.41. The molecule has 1 N–H and O–H groups in total. The van der Waals surface area contributed by atoms with E-state index in [1.807, 2.05) is 6.92 Å². The SMILES string of the molecule is CCNC(=NCc1ccnc(OCC(F)(F)F)c1)N1CCC(C(=O)OC)CC1.I. The van der Waals surface area contributed by atoms with Crippen molar-refractivity contribution in [1.29, 1.82) is 0 Å². The highest BCUT2D eigenvalue weighted by Gasteiger charge is 2.29. The van der Waals surface area contributed by atoms with Crippen molar-refractivity contribution in [3.63, 3.8) is 0 Å². The molecule has 0 saturated carbocycles. The predicted octanol–water partition coefficient (Wildman–Crippen LogP) is 2.99. The van der Waals surface area contributed by atoms with E-state index in [0.29, 0.717) is 44.0 Å². The highest BCUT2D eigenvalue weighted by atomic mass is 127. The fourth-order valence-electron chi connectivity index (χ4n) is 2.87. The molecule has 7 nitrogen and oxygen atoms in total. The van der Waals surface area contributed by atoms with Gasteiger partial charge < -0.3 is 19.7 Å². The molecular formula is C18H26F3IN4O3. The predicted molar refractivity (Wildman–Crippen MR) is 112 cm³/mol. The van der Waals surface area contributed by atoms with Crippen molar-refractivity contribution in [3.05, 3.63) is 23.9 Å². The number of nitrogens with zero attached hydrogens (tertiary/aromatic N) is 3. The molecule has 0 bridgehead atoms. The molecule has 1 aromatic rings. The summed E-state index contributed by atoms with van der Waals surface area (Å²) < 4.78 is 46.3. The third-order valence-corrected chi connectivity index (χ3v) is 4.26. The smallest absolute Gasteiger partial charge is 0.422 e. The number of alkyl halides is 3. The number of ether oxygens (including phenoxy) is 2. The van der Waals surface area contributed by atoms with Crippen LogP contribution in [0.2, 0.25) is 0 Å². The van der Waals surface area contributed by atoms with Gasteiger partial charge in [-0.15, -0.1) is 24.0 Å². The summed E-state index contributed by atoms with van der Waals surface area (Å²) in [6, 6.07) is 3.12. The Kier molecular flexibility index (Phi) is 10.5. The molecule has 2 heterocycles. The lowest BCUT2D eigenvalue weighted by atomic mass is 9.97. The number of nitrogens with one attached hydrogen (secondary N) is 1. The van der Waals surface area contributed by atoms with Crippen LogP contribution in [0.3, 0.4) is 0 Å². The summed E-state index contributed by atoms with van der Waals surface area (Å²) in [6.45, 7) is 2.84. The Balaban J connectivity index is 0.00000420. The molecule has 1 aliphatic rings. The van der Waals surface area contributed by atoms with E-state index in [0.717, 1.165) is 0 Å². The third-order valence-electron chi connectivity index (χ3n) is 4.26. The van der Waals surface area contributed by atoms with E-state index < -0.39 is 12.8 Å². The highest BCUT2D eigenvalue weighted by molar-refractivity contribution is 14.0. The van der Waals surface area contributed by atoms with Gasteiger partial charge in [0.25, 0.3) is 0 Å². The average Bonchev–Trinajstić information content (AvgIpc) is 2.69. The zero-order valence-corrected chi connectivity index (χ0v) is 18.7. The molecule has 0 atom stereocenters. The van der Waals surface area contributed by atoms with Gasteiger partial charge in [-0.3, -0.25) is 4.79 Å². The van der Waals surface area contributed by atoms with Crippen LogP contribution in [0.5, 0.6) is 5.88 Å². The second kappa shape index (κ2) is 12.0. The molecule has 1 aromatic heterocycles. The van der Waals surface area contributed by atoms with Gasteiger partial charge >= 0.3 is 12.1 Å². The van der Waals surface area contributed by atoms with Gasteiger partial charge in [-0.1, -0.05) is 0 Å². The molecule has 1 aliphatic heterocycles. The first kappa shape index (κ1) is 25.2. The lowest BCUT2D eigenvalue weighted by Crippen LogP contribution is -2.46. The number of aliphatic imine (C=N–C) groups is 1. The lowest BCUT2D eigenvalue weighted by Gasteiger charge is -2.33. The first-order valence-corrected chi connectivity index (χ1v) is 9.08. The fourth-order valence-corrected chi connectivity index (χ4v) is 2.87. The van der Waals surface area contributed by atoms with E-state index >= 15 is 0 Å². The Morgan fingerprint density at radius 2 is 2.07 bits per heavy atom. The minimum absolute atomic E-state index is 0. The zero-order chi connectivity index (χ0) is 20.6. The first-order chi connectivity index (χ1) is 13.3. The van der Waals surface area contributed by atoms with Crippen LogP contribution in [0.15, 0.2) is 23.3 Å². The molecule has 1 saturated heterocycles. The number of likely N-dealkylation sites (tertiary alicyclic amines) is 1. The Hall–Kier alpha value is -1.79. The van der Waals surface area contributed by atoms with Crippen LogP contribution < -0.4 is 10.1 Å². The van der Waals surface area contributed by atoms with Crippen molar-refractivity contribution >= 4 is 35.9 Å². The zero-order valence-electron chi connectivity index (χ0n) is 16.4. The van der Waals surface area contributed by atoms with Crippen molar-refractivity contribution in [2.45, 2.75) is 32.5 Å². The van der Waals surface area contributed by atoms with E-state index in [1.165, 1.54) is 19.4 Å². The maximum atomic E-state index is 12.3. The molecule has 0 aromatic carbocycles. The summed E-state index contributed by atoms with van der Waals surface area (Å²) in [5.74, 6) is 0.316. The van der Waals surface area contributed by atoms with Crippen molar-refractivity contribution < 1.29 is 27.4 Å². The summed E-state index contributed by atoms with van der Waals surface area (Å²) >= 11 is 0. The van der Waals surface area contributed by atoms with Crippen LogP contribution in [0.4, 0.5) is 13.2 Å². The monoisotopic (exact) mass is 530 g/mol. The van der Waals surface area contributed by atoms with Crippen LogP contribution >= 0.6 is 24.0 Å². The van der Waals surface area contributed by atoms with Crippen LogP contribution in [0, 0.1) is 5.92 Å². The largest absolute Gasteiger partial charge is 0.469 e. The number of halogens is 4. The quantitative estimate of drug-likeness (QED) is 0.264. The van der Waals surface area contributed by atoms with Gasteiger partial charge in [0.15, 0.2) is 12.6 Å². The average molecular weight is 530 g/mol. The third kappa shape index (κ3) is 8.62. The van der Waals surface area contributed by atoms with Crippen LogP contribution in [0.1, 0.15) is 25.3 Å². The standard InChI is InChI=1S/C18H25F3N4O3.HI/c1-3-22-17(25-8-5-14(6-9-25)16(26)27-2)24-11-13-4-7-23-15(10-13)28-12-18(19,20)21;/h4,7,10,14H,3,5-6,8-9,11-12H2,1-2H3,(H,22,24);1H. The molecule has 0 spiro atoms. The van der Waals surface area contributed by atoms with Gasteiger partial charge in [0.05, 0.1) is 19.6 Å². The summed E-state index contributed by atoms with van der Waals surface area (Å²) in [4.78, 5) is 22.1. The van der Waals surface area contributed by atoms with E-state index in [2.05, 4.69) is 24.9 Å². The molecule has 29 heavy (non-hydrogen) atoms. The van der Waals surface area contributed by atoms with Gasteiger partial charge in [-0.05, 0) is 31.4 Å². The number of hydrogen-bond donors (Lipinski definition) is 1. The van der Waals surface area contributed by atoms with E-state index in [-0.39, 0.29) is 48.3 Å². The molecule has 0 unspecified atom stereocenters. The molecular weight excluding hydrogens is 504 g/mol. The Morgan fingerprint density at radius 1 is 1.38 bits per heavy atom. The van der Waals surface area contributed by atoms with Gasteiger partial charge in [0.2, 0.25) is 5.88 Å². The number of piperidine rings is 1. The maximum Gasteiger partial charge on any atom is 0.422 e. The van der Waals surface area contributed by atoms with Crippen molar-refractivity contribution in [3.8, 4) is 5.88 Å². The number of methoxy groups -OCH3 is 1. The molecule has 11 heteroatoms. The summed E-state index contributed by atoms with van der Waals surface area (Å²) in [5, 5.41) is 3.20. The Bertz CT molecular complexity index is 681. The normalized spacial score (nSPS) is 15.5. The summed E-state index contributed by atoms with van der Waals surface area (Å²) in [7, 11) is 1.39. The number of hydrogen-bond acceptors (Lipinski definition) is 5. The van der Waals surface area contributed by atoms with Gasteiger partial charge in [0, 0.05) is 31.9 Å². The number of esters is 1. The van der Waals surface area contributed by atoms with E-state index in [1.54, 1.807) is 6.07 Å². The molecule has 2 rings (SSSR count). The number of carbonyl (C=O) groups excluding carboxylic acids is 1. The lowest BCUT2D eigenvalue weighted by molar-refractivity contribution is -0.154. The van der Waals surface area contributed by atoms with E-state index in [4.69, 9.17) is 4.74 Å². The van der Waals surface area contributed by atoms with Crippen molar-refractivity contribution in [1.82, 2.24) is 15.2 Å². The highest BCUT2D eigenvalue weighted by Crippen LogP contribution is 2.20. The minimum Gasteiger partial charge on any atom is -0.469 e. The molecule has 0 amide bonds.